The fourth-order valence-electron chi connectivity index (χ4n) is 0.952. The molecule has 1 unspecified atom stereocenters. The molecule has 2 radical (unpaired) electrons. The number of amides is 1. The van der Waals surface area contributed by atoms with E-state index in [0.717, 1.165) is 6.42 Å². The second-order valence-corrected chi connectivity index (χ2v) is 4.96. The van der Waals surface area contributed by atoms with Crippen LogP contribution in [0.2, 0.25) is 0 Å². The van der Waals surface area contributed by atoms with Crippen LogP contribution in [0.4, 0.5) is 0 Å². The number of rotatable bonds is 3. The second kappa shape index (κ2) is 4.68. The van der Waals surface area contributed by atoms with E-state index in [1.165, 1.54) is 0 Å². The fourth-order valence-corrected chi connectivity index (χ4v) is 0.952. The van der Waals surface area contributed by atoms with Gasteiger partial charge in [0.2, 0.25) is 5.91 Å². The normalized spacial score (nSPS) is 14.3. The lowest BCUT2D eigenvalue weighted by Crippen LogP contribution is -2.42. The number of hydrogen-bond acceptors (Lipinski definition) is 1. The van der Waals surface area contributed by atoms with Crippen LogP contribution in [-0.4, -0.2) is 19.7 Å². The predicted octanol–water partition coefficient (Wildman–Crippen LogP) is 1.69. The van der Waals surface area contributed by atoms with E-state index >= 15 is 0 Å². The highest BCUT2D eigenvalue weighted by molar-refractivity contribution is 6.13. The third-order valence-corrected chi connectivity index (χ3v) is 1.72. The molecule has 1 atom stereocenters. The van der Waals surface area contributed by atoms with Crippen molar-refractivity contribution < 1.29 is 4.79 Å². The van der Waals surface area contributed by atoms with Crippen LogP contribution in [0, 0.1) is 11.3 Å². The summed E-state index contributed by atoms with van der Waals surface area (Å²) in [6, 6.07) is 0. The predicted molar refractivity (Wildman–Crippen MR) is 56.6 cm³/mol. The second-order valence-electron chi connectivity index (χ2n) is 4.96. The zero-order valence-corrected chi connectivity index (χ0v) is 9.35. The molecule has 0 aromatic carbocycles. The zero-order valence-electron chi connectivity index (χ0n) is 9.35. The summed E-state index contributed by atoms with van der Waals surface area (Å²) in [4.78, 5) is 11.5. The SMILES string of the molecule is [B]C(CC(C)C)NC(=O)C(C)(C)C. The van der Waals surface area contributed by atoms with Gasteiger partial charge in [-0.05, 0) is 18.3 Å². The van der Waals surface area contributed by atoms with Crippen LogP contribution in [-0.2, 0) is 4.79 Å². The molecule has 0 aliphatic rings. The summed E-state index contributed by atoms with van der Waals surface area (Å²) in [5.41, 5.74) is -0.353. The molecule has 0 saturated carbocycles. The summed E-state index contributed by atoms with van der Waals surface area (Å²) >= 11 is 0. The smallest absolute Gasteiger partial charge is 0.224 e. The topological polar surface area (TPSA) is 29.1 Å². The van der Waals surface area contributed by atoms with E-state index in [-0.39, 0.29) is 17.3 Å². The summed E-state index contributed by atoms with van der Waals surface area (Å²) < 4.78 is 0. The van der Waals surface area contributed by atoms with Crippen molar-refractivity contribution in [2.75, 3.05) is 0 Å². The average Bonchev–Trinajstić information content (AvgIpc) is 1.82. The van der Waals surface area contributed by atoms with Crippen molar-refractivity contribution in [3.05, 3.63) is 0 Å². The maximum atomic E-state index is 11.5. The molecule has 2 nitrogen and oxygen atoms in total. The van der Waals surface area contributed by atoms with Gasteiger partial charge in [0.15, 0.2) is 0 Å². The minimum atomic E-state index is -0.353. The number of carbonyl (C=O) groups excluding carboxylic acids is 1. The van der Waals surface area contributed by atoms with E-state index in [0.29, 0.717) is 5.92 Å². The molecule has 13 heavy (non-hydrogen) atoms. The molecule has 74 valence electrons. The lowest BCUT2D eigenvalue weighted by molar-refractivity contribution is -0.128. The third kappa shape index (κ3) is 5.72. The van der Waals surface area contributed by atoms with Crippen LogP contribution < -0.4 is 5.32 Å². The van der Waals surface area contributed by atoms with Crippen molar-refractivity contribution in [1.29, 1.82) is 0 Å². The van der Waals surface area contributed by atoms with Gasteiger partial charge in [-0.25, -0.2) is 0 Å². The van der Waals surface area contributed by atoms with Gasteiger partial charge in [-0.1, -0.05) is 34.6 Å². The molecule has 0 fully saturated rings. The summed E-state index contributed by atoms with van der Waals surface area (Å²) in [6.07, 6.45) is 0.821. The first-order chi connectivity index (χ1) is 5.73. The van der Waals surface area contributed by atoms with E-state index in [9.17, 15) is 4.79 Å². The minimum absolute atomic E-state index is 0.0145. The Morgan fingerprint density at radius 2 is 1.85 bits per heavy atom. The van der Waals surface area contributed by atoms with Crippen molar-refractivity contribution in [2.24, 2.45) is 11.3 Å². The largest absolute Gasteiger partial charge is 0.362 e. The maximum absolute atomic E-state index is 11.5. The van der Waals surface area contributed by atoms with Crippen LogP contribution in [0.25, 0.3) is 0 Å². The Bertz CT molecular complexity index is 172. The van der Waals surface area contributed by atoms with E-state index in [1.54, 1.807) is 0 Å². The Hall–Kier alpha value is -0.465. The van der Waals surface area contributed by atoms with Crippen LogP contribution in [0.5, 0.6) is 0 Å². The van der Waals surface area contributed by atoms with Crippen molar-refractivity contribution in [3.8, 4) is 0 Å². The summed E-state index contributed by atoms with van der Waals surface area (Å²) in [6.45, 7) is 9.81. The Morgan fingerprint density at radius 1 is 1.38 bits per heavy atom. The quantitative estimate of drug-likeness (QED) is 0.659. The summed E-state index contributed by atoms with van der Waals surface area (Å²) in [7, 11) is 5.74. The molecule has 0 aromatic rings. The molecular formula is C10H20BNO. The number of hydrogen-bond donors (Lipinski definition) is 1. The van der Waals surface area contributed by atoms with Crippen molar-refractivity contribution in [3.63, 3.8) is 0 Å². The van der Waals surface area contributed by atoms with Crippen LogP contribution in [0.15, 0.2) is 0 Å². The van der Waals surface area contributed by atoms with Gasteiger partial charge < -0.3 is 5.32 Å². The average molecular weight is 181 g/mol. The molecular weight excluding hydrogens is 161 g/mol. The minimum Gasteiger partial charge on any atom is -0.362 e. The highest BCUT2D eigenvalue weighted by Crippen LogP contribution is 2.13. The van der Waals surface area contributed by atoms with Crippen molar-refractivity contribution >= 4 is 13.8 Å². The Labute approximate surface area is 82.9 Å². The van der Waals surface area contributed by atoms with Gasteiger partial charge >= 0.3 is 0 Å². The third-order valence-electron chi connectivity index (χ3n) is 1.72. The van der Waals surface area contributed by atoms with Gasteiger partial charge in [0, 0.05) is 5.41 Å². The number of carbonyl (C=O) groups is 1. The zero-order chi connectivity index (χ0) is 10.6. The molecule has 3 heteroatoms. The maximum Gasteiger partial charge on any atom is 0.224 e. The van der Waals surface area contributed by atoms with E-state index < -0.39 is 0 Å². The molecule has 1 N–H and O–H groups in total. The molecule has 0 aromatic heterocycles. The highest BCUT2D eigenvalue weighted by Gasteiger charge is 2.22. The summed E-state index contributed by atoms with van der Waals surface area (Å²) in [5, 5.41) is 2.79. The molecule has 1 amide bonds. The van der Waals surface area contributed by atoms with Gasteiger partial charge in [0.05, 0.1) is 7.85 Å². The van der Waals surface area contributed by atoms with Crippen LogP contribution >= 0.6 is 0 Å². The first kappa shape index (κ1) is 12.5. The van der Waals surface area contributed by atoms with Crippen LogP contribution in [0.1, 0.15) is 41.0 Å². The lowest BCUT2D eigenvalue weighted by Gasteiger charge is -2.23. The highest BCUT2D eigenvalue weighted by atomic mass is 16.2. The lowest BCUT2D eigenvalue weighted by atomic mass is 9.86. The Kier molecular flexibility index (Phi) is 4.51. The molecule has 0 saturated heterocycles. The molecule has 0 aliphatic carbocycles. The molecule has 0 rings (SSSR count). The Morgan fingerprint density at radius 3 is 2.15 bits per heavy atom. The first-order valence-electron chi connectivity index (χ1n) is 4.80. The van der Waals surface area contributed by atoms with Gasteiger partial charge in [0.25, 0.3) is 0 Å². The molecule has 0 bridgehead atoms. The van der Waals surface area contributed by atoms with E-state index in [1.807, 2.05) is 20.8 Å². The molecule has 0 heterocycles. The van der Waals surface area contributed by atoms with E-state index in [4.69, 9.17) is 7.85 Å². The van der Waals surface area contributed by atoms with Crippen molar-refractivity contribution in [1.82, 2.24) is 5.32 Å². The van der Waals surface area contributed by atoms with Gasteiger partial charge in [0.1, 0.15) is 0 Å². The monoisotopic (exact) mass is 181 g/mol. The summed E-state index contributed by atoms with van der Waals surface area (Å²) in [5.74, 6) is 0.308. The Balaban J connectivity index is 3.93. The fraction of sp³-hybridized carbons (Fsp3) is 0.900. The molecule has 0 spiro atoms. The van der Waals surface area contributed by atoms with Gasteiger partial charge in [-0.3, -0.25) is 4.79 Å². The first-order valence-corrected chi connectivity index (χ1v) is 4.80. The van der Waals surface area contributed by atoms with Gasteiger partial charge in [-0.2, -0.15) is 0 Å². The number of nitrogens with one attached hydrogen (secondary N) is 1. The molecule has 0 aliphatic heterocycles. The van der Waals surface area contributed by atoms with Crippen molar-refractivity contribution in [2.45, 2.75) is 47.0 Å². The van der Waals surface area contributed by atoms with Gasteiger partial charge in [-0.15, -0.1) is 0 Å². The van der Waals surface area contributed by atoms with Crippen LogP contribution in [0.3, 0.4) is 0 Å². The standard InChI is InChI=1S/C10H20BNO/c1-7(2)6-8(11)12-9(13)10(3,4)5/h7-8H,6H2,1-5H3,(H,12,13). The van der Waals surface area contributed by atoms with E-state index in [2.05, 4.69) is 19.2 Å².